The van der Waals surface area contributed by atoms with Gasteiger partial charge in [0.2, 0.25) is 0 Å². The Labute approximate surface area is 105 Å². The van der Waals surface area contributed by atoms with E-state index in [-0.39, 0.29) is 0 Å². The first kappa shape index (κ1) is 14.0. The Balaban J connectivity index is 1.99. The highest BCUT2D eigenvalue weighted by atomic mass is 16.5. The maximum absolute atomic E-state index is 5.58. The summed E-state index contributed by atoms with van der Waals surface area (Å²) in [5, 5.41) is 3.39. The molecular formula is C15H25NO. The first-order valence-electron chi connectivity index (χ1n) is 6.72. The van der Waals surface area contributed by atoms with Gasteiger partial charge in [0.15, 0.2) is 0 Å². The number of hydrogen-bond acceptors (Lipinski definition) is 2. The summed E-state index contributed by atoms with van der Waals surface area (Å²) in [5.74, 6) is 0. The Hall–Kier alpha value is -1.02. The second-order valence-electron chi connectivity index (χ2n) is 4.41. The molecule has 0 aliphatic rings. The number of nitrogens with one attached hydrogen (secondary N) is 1. The fourth-order valence-corrected chi connectivity index (χ4v) is 1.76. The molecule has 0 atom stereocenters. The number of hydrogen-bond donors (Lipinski definition) is 1. The van der Waals surface area contributed by atoms with Crippen LogP contribution < -0.4 is 5.32 Å². The molecule has 96 valence electrons. The molecule has 1 aromatic carbocycles. The maximum Gasteiger partial charge on any atom is 0.0639 e. The molecule has 1 aromatic rings. The summed E-state index contributed by atoms with van der Waals surface area (Å²) in [4.78, 5) is 0. The van der Waals surface area contributed by atoms with Crippen molar-refractivity contribution < 1.29 is 4.74 Å². The highest BCUT2D eigenvalue weighted by Crippen LogP contribution is 2.12. The van der Waals surface area contributed by atoms with E-state index >= 15 is 0 Å². The van der Waals surface area contributed by atoms with Gasteiger partial charge >= 0.3 is 0 Å². The number of para-hydroxylation sites is 1. The van der Waals surface area contributed by atoms with Crippen LogP contribution in [0.4, 0.5) is 5.69 Å². The van der Waals surface area contributed by atoms with Gasteiger partial charge in [-0.3, -0.25) is 0 Å². The van der Waals surface area contributed by atoms with Gasteiger partial charge < -0.3 is 10.1 Å². The molecule has 0 heterocycles. The largest absolute Gasteiger partial charge is 0.383 e. The highest BCUT2D eigenvalue weighted by molar-refractivity contribution is 5.50. The summed E-state index contributed by atoms with van der Waals surface area (Å²) < 4.78 is 5.58. The molecule has 0 aliphatic carbocycles. The quantitative estimate of drug-likeness (QED) is 0.653. The van der Waals surface area contributed by atoms with Gasteiger partial charge in [-0.2, -0.15) is 0 Å². The molecule has 0 amide bonds. The third-order valence-corrected chi connectivity index (χ3v) is 2.85. The fourth-order valence-electron chi connectivity index (χ4n) is 1.76. The van der Waals surface area contributed by atoms with E-state index < -0.39 is 0 Å². The summed E-state index contributed by atoms with van der Waals surface area (Å²) in [6.45, 7) is 6.93. The molecule has 0 aromatic heterocycles. The first-order chi connectivity index (χ1) is 8.34. The van der Waals surface area contributed by atoms with E-state index in [1.807, 2.05) is 0 Å². The van der Waals surface area contributed by atoms with Crippen molar-refractivity contribution in [2.24, 2.45) is 0 Å². The van der Waals surface area contributed by atoms with Crippen LogP contribution in [0.5, 0.6) is 0 Å². The average Bonchev–Trinajstić information content (AvgIpc) is 2.35. The Bertz CT molecular complexity index is 299. The number of ether oxygens (including phenoxy) is 1. The zero-order valence-electron chi connectivity index (χ0n) is 11.2. The smallest absolute Gasteiger partial charge is 0.0639 e. The zero-order valence-corrected chi connectivity index (χ0v) is 11.2. The lowest BCUT2D eigenvalue weighted by Crippen LogP contribution is -2.10. The fraction of sp³-hybridized carbons (Fsp3) is 0.600. The molecule has 0 fully saturated rings. The lowest BCUT2D eigenvalue weighted by atomic mass is 10.2. The van der Waals surface area contributed by atoms with Crippen molar-refractivity contribution in [2.45, 2.75) is 39.5 Å². The predicted molar refractivity (Wildman–Crippen MR) is 74.6 cm³/mol. The van der Waals surface area contributed by atoms with Crippen LogP contribution in [0.3, 0.4) is 0 Å². The number of unbranched alkanes of at least 4 members (excludes halogenated alkanes) is 3. The minimum absolute atomic E-state index is 0.792. The predicted octanol–water partition coefficient (Wildman–Crippen LogP) is 4.00. The van der Waals surface area contributed by atoms with Crippen molar-refractivity contribution in [1.82, 2.24) is 0 Å². The molecule has 0 spiro atoms. The topological polar surface area (TPSA) is 21.3 Å². The van der Waals surface area contributed by atoms with Crippen LogP contribution in [0.25, 0.3) is 0 Å². The molecule has 2 nitrogen and oxygen atoms in total. The Kier molecular flexibility index (Phi) is 7.48. The third kappa shape index (κ3) is 6.32. The van der Waals surface area contributed by atoms with Crippen molar-refractivity contribution in [2.75, 3.05) is 25.1 Å². The number of anilines is 1. The van der Waals surface area contributed by atoms with E-state index in [9.17, 15) is 0 Å². The summed E-state index contributed by atoms with van der Waals surface area (Å²) >= 11 is 0. The lowest BCUT2D eigenvalue weighted by Gasteiger charge is -2.09. The van der Waals surface area contributed by atoms with Crippen LogP contribution in [0.15, 0.2) is 24.3 Å². The van der Waals surface area contributed by atoms with Gasteiger partial charge in [-0.05, 0) is 25.0 Å². The molecule has 0 saturated carbocycles. The van der Waals surface area contributed by atoms with Crippen LogP contribution in [0.1, 0.15) is 38.2 Å². The third-order valence-electron chi connectivity index (χ3n) is 2.85. The highest BCUT2D eigenvalue weighted by Gasteiger charge is 1.95. The zero-order chi connectivity index (χ0) is 12.3. The normalized spacial score (nSPS) is 10.5. The van der Waals surface area contributed by atoms with Crippen LogP contribution in [-0.4, -0.2) is 19.8 Å². The maximum atomic E-state index is 5.58. The molecular weight excluding hydrogens is 210 g/mol. The molecule has 0 unspecified atom stereocenters. The molecule has 0 radical (unpaired) electrons. The summed E-state index contributed by atoms with van der Waals surface area (Å²) in [7, 11) is 0. The van der Waals surface area contributed by atoms with Gasteiger partial charge in [0.05, 0.1) is 6.61 Å². The Morgan fingerprint density at radius 1 is 1.06 bits per heavy atom. The van der Waals surface area contributed by atoms with Crippen molar-refractivity contribution in [3.63, 3.8) is 0 Å². The van der Waals surface area contributed by atoms with Crippen LogP contribution in [0.2, 0.25) is 0 Å². The van der Waals surface area contributed by atoms with Gasteiger partial charge in [0.1, 0.15) is 0 Å². The number of benzene rings is 1. The van der Waals surface area contributed by atoms with Gasteiger partial charge in [0, 0.05) is 18.8 Å². The second-order valence-corrected chi connectivity index (χ2v) is 4.41. The molecule has 0 aliphatic heterocycles. The number of rotatable bonds is 9. The van der Waals surface area contributed by atoms with E-state index in [2.05, 4.69) is 43.4 Å². The Morgan fingerprint density at radius 2 is 1.88 bits per heavy atom. The minimum Gasteiger partial charge on any atom is -0.383 e. The van der Waals surface area contributed by atoms with Gasteiger partial charge in [-0.15, -0.1) is 0 Å². The van der Waals surface area contributed by atoms with E-state index in [0.717, 1.165) is 19.8 Å². The van der Waals surface area contributed by atoms with Crippen LogP contribution in [-0.2, 0) is 4.74 Å². The minimum atomic E-state index is 0.792. The van der Waals surface area contributed by atoms with Gasteiger partial charge in [-0.25, -0.2) is 0 Å². The van der Waals surface area contributed by atoms with E-state index in [0.29, 0.717) is 0 Å². The summed E-state index contributed by atoms with van der Waals surface area (Å²) in [6, 6.07) is 8.34. The molecule has 2 heteroatoms. The first-order valence-corrected chi connectivity index (χ1v) is 6.72. The second kappa shape index (κ2) is 9.06. The monoisotopic (exact) mass is 235 g/mol. The lowest BCUT2D eigenvalue weighted by molar-refractivity contribution is 0.139. The molecule has 0 saturated heterocycles. The Morgan fingerprint density at radius 3 is 2.65 bits per heavy atom. The summed E-state index contributed by atoms with van der Waals surface area (Å²) in [6.07, 6.45) is 5.10. The van der Waals surface area contributed by atoms with Crippen molar-refractivity contribution in [1.29, 1.82) is 0 Å². The van der Waals surface area contributed by atoms with Crippen LogP contribution in [0, 0.1) is 6.92 Å². The van der Waals surface area contributed by atoms with E-state index in [4.69, 9.17) is 4.74 Å². The molecule has 17 heavy (non-hydrogen) atoms. The van der Waals surface area contributed by atoms with Crippen molar-refractivity contribution in [3.8, 4) is 0 Å². The van der Waals surface area contributed by atoms with Crippen molar-refractivity contribution >= 4 is 5.69 Å². The molecule has 1 rings (SSSR count). The molecule has 1 N–H and O–H groups in total. The van der Waals surface area contributed by atoms with E-state index in [1.54, 1.807) is 0 Å². The van der Waals surface area contributed by atoms with Crippen molar-refractivity contribution in [3.05, 3.63) is 29.8 Å². The van der Waals surface area contributed by atoms with Gasteiger partial charge in [-0.1, -0.05) is 44.4 Å². The van der Waals surface area contributed by atoms with Crippen LogP contribution >= 0.6 is 0 Å². The SMILES string of the molecule is CCCCCCOCCNc1ccccc1C. The molecule has 0 bridgehead atoms. The van der Waals surface area contributed by atoms with Gasteiger partial charge in [0.25, 0.3) is 0 Å². The number of aryl methyl sites for hydroxylation is 1. The summed E-state index contributed by atoms with van der Waals surface area (Å²) in [5.41, 5.74) is 2.50. The van der Waals surface area contributed by atoms with E-state index in [1.165, 1.54) is 36.9 Å². The average molecular weight is 235 g/mol. The standard InChI is InChI=1S/C15H25NO/c1-3-4-5-8-12-17-13-11-16-15-10-7-6-9-14(15)2/h6-7,9-10,16H,3-5,8,11-13H2,1-2H3.